The first-order valence-electron chi connectivity index (χ1n) is 7.76. The molecule has 0 saturated carbocycles. The molecule has 1 amide bonds. The summed E-state index contributed by atoms with van der Waals surface area (Å²) in [7, 11) is 1.50. The quantitative estimate of drug-likeness (QED) is 0.387. The number of benzene rings is 1. The van der Waals surface area contributed by atoms with Crippen LogP contribution in [0.5, 0.6) is 11.5 Å². The fraction of sp³-hybridized carbons (Fsp3) is 0.500. The van der Waals surface area contributed by atoms with Crippen LogP contribution >= 0.6 is 23.8 Å². The first-order valence-corrected chi connectivity index (χ1v) is 8.54. The van der Waals surface area contributed by atoms with E-state index in [4.69, 9.17) is 33.3 Å². The van der Waals surface area contributed by atoms with Gasteiger partial charge in [-0.25, -0.2) is 0 Å². The maximum atomic E-state index is 12.2. The lowest BCUT2D eigenvalue weighted by molar-refractivity contribution is 0.0943. The predicted molar refractivity (Wildman–Crippen MR) is 99.9 cm³/mol. The van der Waals surface area contributed by atoms with Crippen LogP contribution in [-0.4, -0.2) is 30.8 Å². The van der Waals surface area contributed by atoms with Crippen LogP contribution in [0, 0.1) is 0 Å². The fourth-order valence-electron chi connectivity index (χ4n) is 1.79. The van der Waals surface area contributed by atoms with E-state index in [0.29, 0.717) is 33.8 Å². The third kappa shape index (κ3) is 6.41. The van der Waals surface area contributed by atoms with Gasteiger partial charge in [-0.15, -0.1) is 0 Å². The molecular formula is C16H24ClN3O3S. The SMILES string of the molecule is CCCCOc1c(Cl)cc(C(=O)NNC(=S)NC(C)C)cc1OC. The van der Waals surface area contributed by atoms with Crippen molar-refractivity contribution in [2.24, 2.45) is 0 Å². The smallest absolute Gasteiger partial charge is 0.269 e. The van der Waals surface area contributed by atoms with Gasteiger partial charge < -0.3 is 14.8 Å². The number of ether oxygens (including phenoxy) is 2. The summed E-state index contributed by atoms with van der Waals surface area (Å²) in [5, 5.41) is 3.60. The second-order valence-electron chi connectivity index (χ2n) is 5.40. The molecule has 0 saturated heterocycles. The van der Waals surface area contributed by atoms with Crippen molar-refractivity contribution in [3.8, 4) is 11.5 Å². The molecule has 1 rings (SSSR count). The molecule has 6 nitrogen and oxygen atoms in total. The highest BCUT2D eigenvalue weighted by Gasteiger charge is 2.16. The Hall–Kier alpha value is -1.73. The van der Waals surface area contributed by atoms with Gasteiger partial charge in [-0.1, -0.05) is 24.9 Å². The molecule has 8 heteroatoms. The third-order valence-electron chi connectivity index (χ3n) is 2.95. The molecular weight excluding hydrogens is 350 g/mol. The average molecular weight is 374 g/mol. The van der Waals surface area contributed by atoms with Crippen molar-refractivity contribution in [2.45, 2.75) is 39.7 Å². The van der Waals surface area contributed by atoms with Crippen LogP contribution in [0.25, 0.3) is 0 Å². The van der Waals surface area contributed by atoms with Crippen molar-refractivity contribution < 1.29 is 14.3 Å². The number of hydrogen-bond donors (Lipinski definition) is 3. The molecule has 134 valence electrons. The Balaban J connectivity index is 2.79. The van der Waals surface area contributed by atoms with Crippen LogP contribution < -0.4 is 25.6 Å². The van der Waals surface area contributed by atoms with Gasteiger partial charge >= 0.3 is 0 Å². The molecule has 0 aromatic heterocycles. The number of amides is 1. The number of nitrogens with one attached hydrogen (secondary N) is 3. The summed E-state index contributed by atoms with van der Waals surface area (Å²) < 4.78 is 10.9. The number of methoxy groups -OCH3 is 1. The van der Waals surface area contributed by atoms with Gasteiger partial charge in [0.05, 0.1) is 18.7 Å². The van der Waals surface area contributed by atoms with Crippen molar-refractivity contribution in [1.29, 1.82) is 0 Å². The molecule has 1 aromatic carbocycles. The number of hydrogen-bond acceptors (Lipinski definition) is 4. The van der Waals surface area contributed by atoms with Crippen molar-refractivity contribution in [2.75, 3.05) is 13.7 Å². The number of carbonyl (C=O) groups is 1. The van der Waals surface area contributed by atoms with Crippen LogP contribution in [-0.2, 0) is 0 Å². The Morgan fingerprint density at radius 1 is 1.33 bits per heavy atom. The maximum absolute atomic E-state index is 12.2. The maximum Gasteiger partial charge on any atom is 0.269 e. The van der Waals surface area contributed by atoms with Gasteiger partial charge in [0.1, 0.15) is 0 Å². The number of halogens is 1. The van der Waals surface area contributed by atoms with E-state index in [9.17, 15) is 4.79 Å². The normalized spacial score (nSPS) is 10.2. The van der Waals surface area contributed by atoms with Crippen LogP contribution in [0.4, 0.5) is 0 Å². The van der Waals surface area contributed by atoms with Crippen LogP contribution in [0.2, 0.25) is 5.02 Å². The standard InChI is InChI=1S/C16H24ClN3O3S/c1-5-6-7-23-14-12(17)8-11(9-13(14)22-4)15(21)19-20-16(24)18-10(2)3/h8-10H,5-7H2,1-4H3,(H,19,21)(H2,18,20,24). The number of hydrazine groups is 1. The molecule has 0 aliphatic carbocycles. The van der Waals surface area contributed by atoms with Gasteiger partial charge in [-0.2, -0.15) is 0 Å². The molecule has 0 aliphatic heterocycles. The van der Waals surface area contributed by atoms with Crippen molar-refractivity contribution in [1.82, 2.24) is 16.2 Å². The number of unbranched alkanes of at least 4 members (excludes halogenated alkanes) is 1. The van der Waals surface area contributed by atoms with Crippen LogP contribution in [0.1, 0.15) is 44.0 Å². The Bertz CT molecular complexity index is 582. The summed E-state index contributed by atoms with van der Waals surface area (Å²) in [6.07, 6.45) is 1.92. The molecule has 0 fully saturated rings. The summed E-state index contributed by atoms with van der Waals surface area (Å²) in [6.45, 7) is 6.49. The lowest BCUT2D eigenvalue weighted by Crippen LogP contribution is -2.48. The minimum atomic E-state index is -0.386. The Morgan fingerprint density at radius 3 is 2.62 bits per heavy atom. The zero-order valence-electron chi connectivity index (χ0n) is 14.4. The van der Waals surface area contributed by atoms with Gasteiger partial charge in [0.25, 0.3) is 5.91 Å². The molecule has 1 aromatic rings. The number of thiocarbonyl (C=S) groups is 1. The Labute approximate surface area is 153 Å². The molecule has 24 heavy (non-hydrogen) atoms. The zero-order chi connectivity index (χ0) is 18.1. The summed E-state index contributed by atoms with van der Waals surface area (Å²) in [5.41, 5.74) is 5.47. The lowest BCUT2D eigenvalue weighted by Gasteiger charge is -2.16. The van der Waals surface area contributed by atoms with E-state index in [2.05, 4.69) is 23.1 Å². The topological polar surface area (TPSA) is 71.6 Å². The second kappa shape index (κ2) is 10.2. The lowest BCUT2D eigenvalue weighted by atomic mass is 10.2. The highest BCUT2D eigenvalue weighted by molar-refractivity contribution is 7.80. The minimum Gasteiger partial charge on any atom is -0.493 e. The number of carbonyl (C=O) groups excluding carboxylic acids is 1. The second-order valence-corrected chi connectivity index (χ2v) is 6.21. The predicted octanol–water partition coefficient (Wildman–Crippen LogP) is 3.04. The average Bonchev–Trinajstić information content (AvgIpc) is 2.53. The summed E-state index contributed by atoms with van der Waals surface area (Å²) in [5.74, 6) is 0.462. The molecule has 0 radical (unpaired) electrons. The van der Waals surface area contributed by atoms with E-state index >= 15 is 0 Å². The highest BCUT2D eigenvalue weighted by atomic mass is 35.5. The Kier molecular flexibility index (Phi) is 8.63. The first kappa shape index (κ1) is 20.3. The number of rotatable bonds is 7. The van der Waals surface area contributed by atoms with E-state index in [-0.39, 0.29) is 11.9 Å². The molecule has 3 N–H and O–H groups in total. The Morgan fingerprint density at radius 2 is 2.04 bits per heavy atom. The van der Waals surface area contributed by atoms with Crippen molar-refractivity contribution >= 4 is 34.8 Å². The molecule has 0 spiro atoms. The van der Waals surface area contributed by atoms with Crippen molar-refractivity contribution in [3.05, 3.63) is 22.7 Å². The zero-order valence-corrected chi connectivity index (χ0v) is 15.9. The van der Waals surface area contributed by atoms with E-state index in [1.807, 2.05) is 13.8 Å². The molecule has 0 unspecified atom stereocenters. The van der Waals surface area contributed by atoms with Crippen LogP contribution in [0.3, 0.4) is 0 Å². The first-order chi connectivity index (χ1) is 11.4. The molecule has 0 aliphatic rings. The van der Waals surface area contributed by atoms with Gasteiger partial charge in [0.15, 0.2) is 16.6 Å². The summed E-state index contributed by atoms with van der Waals surface area (Å²) in [6, 6.07) is 3.26. The van der Waals surface area contributed by atoms with E-state index in [0.717, 1.165) is 12.8 Å². The van der Waals surface area contributed by atoms with E-state index in [1.54, 1.807) is 6.07 Å². The molecule has 0 atom stereocenters. The summed E-state index contributed by atoms with van der Waals surface area (Å²) in [4.78, 5) is 12.2. The monoisotopic (exact) mass is 373 g/mol. The van der Waals surface area contributed by atoms with Gasteiger partial charge in [-0.3, -0.25) is 15.6 Å². The minimum absolute atomic E-state index is 0.163. The third-order valence-corrected chi connectivity index (χ3v) is 3.45. The fourth-order valence-corrected chi connectivity index (χ4v) is 2.35. The summed E-state index contributed by atoms with van der Waals surface area (Å²) >= 11 is 11.3. The largest absolute Gasteiger partial charge is 0.493 e. The van der Waals surface area contributed by atoms with Gasteiger partial charge in [0, 0.05) is 11.6 Å². The van der Waals surface area contributed by atoms with Gasteiger partial charge in [0.2, 0.25) is 0 Å². The highest BCUT2D eigenvalue weighted by Crippen LogP contribution is 2.36. The van der Waals surface area contributed by atoms with Gasteiger partial charge in [-0.05, 0) is 44.6 Å². The van der Waals surface area contributed by atoms with E-state index in [1.165, 1.54) is 13.2 Å². The van der Waals surface area contributed by atoms with E-state index < -0.39 is 0 Å². The molecule has 0 heterocycles. The van der Waals surface area contributed by atoms with Crippen molar-refractivity contribution in [3.63, 3.8) is 0 Å². The van der Waals surface area contributed by atoms with Crippen LogP contribution in [0.15, 0.2) is 12.1 Å². The molecule has 0 bridgehead atoms.